The molecular formula is C25H32Cl2N2. The summed E-state index contributed by atoms with van der Waals surface area (Å²) in [5.41, 5.74) is 1.57. The van der Waals surface area contributed by atoms with Crippen molar-refractivity contribution < 1.29 is 0 Å². The first-order valence-electron chi connectivity index (χ1n) is 10.8. The minimum Gasteiger partial charge on any atom is -0.314 e. The smallest absolute Gasteiger partial charge is 0.0383 e. The van der Waals surface area contributed by atoms with Crippen LogP contribution in [0.5, 0.6) is 0 Å². The Labute approximate surface area is 186 Å². The van der Waals surface area contributed by atoms with Crippen LogP contribution in [0.3, 0.4) is 0 Å². The van der Waals surface area contributed by atoms with Crippen molar-refractivity contribution in [2.45, 2.75) is 38.1 Å². The first kappa shape index (κ1) is 22.4. The van der Waals surface area contributed by atoms with Crippen LogP contribution < -0.4 is 5.32 Å². The normalized spacial score (nSPS) is 19.4. The molecule has 0 unspecified atom stereocenters. The Kier molecular flexibility index (Phi) is 7.81. The second-order valence-corrected chi connectivity index (χ2v) is 8.36. The largest absolute Gasteiger partial charge is 0.314 e. The molecule has 1 atom stereocenters. The zero-order valence-electron chi connectivity index (χ0n) is 17.0. The highest BCUT2D eigenvalue weighted by Gasteiger charge is 2.32. The number of nitrogens with one attached hydrogen (secondary N) is 1. The summed E-state index contributed by atoms with van der Waals surface area (Å²) in [6.45, 7) is 4.58. The highest BCUT2D eigenvalue weighted by Crippen LogP contribution is 2.42. The molecule has 1 heterocycles. The van der Waals surface area contributed by atoms with Crippen molar-refractivity contribution in [2.24, 2.45) is 5.92 Å². The monoisotopic (exact) mass is 430 g/mol. The molecule has 4 heteroatoms. The average molecular weight is 431 g/mol. The van der Waals surface area contributed by atoms with E-state index in [-0.39, 0.29) is 24.8 Å². The van der Waals surface area contributed by atoms with Gasteiger partial charge in [0.15, 0.2) is 0 Å². The van der Waals surface area contributed by atoms with E-state index in [1.54, 1.807) is 5.56 Å². The second-order valence-electron chi connectivity index (χ2n) is 8.36. The van der Waals surface area contributed by atoms with Crippen molar-refractivity contribution >= 4 is 46.4 Å². The molecule has 1 aliphatic heterocycles. The molecule has 2 nitrogen and oxygen atoms in total. The molecule has 0 radical (unpaired) electrons. The Balaban J connectivity index is 0.00000120. The van der Waals surface area contributed by atoms with Crippen LogP contribution in [0.2, 0.25) is 0 Å². The van der Waals surface area contributed by atoms with Crippen molar-refractivity contribution in [1.82, 2.24) is 10.2 Å². The van der Waals surface area contributed by atoms with Crippen LogP contribution in [0, 0.1) is 5.92 Å². The Bertz CT molecular complexity index is 912. The minimum atomic E-state index is 0. The van der Waals surface area contributed by atoms with E-state index >= 15 is 0 Å². The summed E-state index contributed by atoms with van der Waals surface area (Å²) in [5.74, 6) is 0.793. The number of hydrogen-bond donors (Lipinski definition) is 1. The lowest BCUT2D eigenvalue weighted by molar-refractivity contribution is 0.104. The van der Waals surface area contributed by atoms with Crippen molar-refractivity contribution in [1.29, 1.82) is 0 Å². The molecule has 0 spiro atoms. The van der Waals surface area contributed by atoms with Gasteiger partial charge in [0.25, 0.3) is 0 Å². The molecule has 1 N–H and O–H groups in total. The molecule has 0 amide bonds. The summed E-state index contributed by atoms with van der Waals surface area (Å²) in [6, 6.07) is 21.1. The number of halogens is 2. The number of piperazine rings is 1. The van der Waals surface area contributed by atoms with Gasteiger partial charge >= 0.3 is 0 Å². The molecule has 0 aromatic heterocycles. The lowest BCUT2D eigenvalue weighted by atomic mass is 9.78. The van der Waals surface area contributed by atoms with Gasteiger partial charge in [0.1, 0.15) is 0 Å². The summed E-state index contributed by atoms with van der Waals surface area (Å²) < 4.78 is 0. The highest BCUT2D eigenvalue weighted by molar-refractivity contribution is 6.09. The van der Waals surface area contributed by atoms with E-state index in [2.05, 4.69) is 64.8 Å². The summed E-state index contributed by atoms with van der Waals surface area (Å²) >= 11 is 0. The maximum absolute atomic E-state index is 3.55. The third-order valence-corrected chi connectivity index (χ3v) is 6.76. The molecular weight excluding hydrogens is 399 g/mol. The SMILES string of the molecule is Cl.Cl.c1ccc2c(c1)cc([C@H](C1CCCCC1)N1CCNCC1)c1ccccc12. The van der Waals surface area contributed by atoms with Crippen LogP contribution in [-0.2, 0) is 0 Å². The number of fused-ring (bicyclic) bond motifs is 3. The zero-order valence-corrected chi connectivity index (χ0v) is 18.6. The molecule has 156 valence electrons. The van der Waals surface area contributed by atoms with Gasteiger partial charge in [-0.2, -0.15) is 0 Å². The van der Waals surface area contributed by atoms with Crippen LogP contribution >= 0.6 is 24.8 Å². The second kappa shape index (κ2) is 10.1. The van der Waals surface area contributed by atoms with Gasteiger partial charge in [-0.05, 0) is 51.9 Å². The van der Waals surface area contributed by atoms with Crippen LogP contribution in [0.4, 0.5) is 0 Å². The zero-order chi connectivity index (χ0) is 18.1. The number of nitrogens with zero attached hydrogens (tertiary/aromatic N) is 1. The molecule has 2 fully saturated rings. The molecule has 2 aliphatic rings. The predicted octanol–water partition coefficient (Wildman–Crippen LogP) is 6.36. The van der Waals surface area contributed by atoms with Gasteiger partial charge in [-0.25, -0.2) is 0 Å². The fourth-order valence-corrected chi connectivity index (χ4v) is 5.49. The van der Waals surface area contributed by atoms with Crippen molar-refractivity contribution in [3.8, 4) is 0 Å². The fourth-order valence-electron chi connectivity index (χ4n) is 5.49. The van der Waals surface area contributed by atoms with Gasteiger partial charge in [0.05, 0.1) is 0 Å². The molecule has 3 aromatic carbocycles. The Hall–Kier alpha value is -1.32. The molecule has 3 aromatic rings. The molecule has 5 rings (SSSR count). The molecule has 29 heavy (non-hydrogen) atoms. The number of rotatable bonds is 3. The van der Waals surface area contributed by atoms with E-state index < -0.39 is 0 Å². The summed E-state index contributed by atoms with van der Waals surface area (Å²) in [7, 11) is 0. The highest BCUT2D eigenvalue weighted by atomic mass is 35.5. The van der Waals surface area contributed by atoms with Gasteiger partial charge in [0.2, 0.25) is 0 Å². The fraction of sp³-hybridized carbons (Fsp3) is 0.440. The van der Waals surface area contributed by atoms with E-state index in [0.717, 1.165) is 19.0 Å². The van der Waals surface area contributed by atoms with Crippen LogP contribution in [0.15, 0.2) is 54.6 Å². The topological polar surface area (TPSA) is 15.3 Å². The molecule has 0 bridgehead atoms. The number of hydrogen-bond acceptors (Lipinski definition) is 2. The van der Waals surface area contributed by atoms with Crippen LogP contribution in [0.1, 0.15) is 43.7 Å². The minimum absolute atomic E-state index is 0. The third-order valence-electron chi connectivity index (χ3n) is 6.76. The quantitative estimate of drug-likeness (QED) is 0.485. The maximum atomic E-state index is 3.55. The van der Waals surface area contributed by atoms with Gasteiger partial charge in [-0.3, -0.25) is 4.90 Å². The Morgan fingerprint density at radius 3 is 2.10 bits per heavy atom. The third kappa shape index (κ3) is 4.41. The van der Waals surface area contributed by atoms with Crippen LogP contribution in [-0.4, -0.2) is 31.1 Å². The summed E-state index contributed by atoms with van der Waals surface area (Å²) in [6.07, 6.45) is 6.99. The van der Waals surface area contributed by atoms with E-state index in [1.165, 1.54) is 66.7 Å². The summed E-state index contributed by atoms with van der Waals surface area (Å²) in [5, 5.41) is 9.21. The van der Waals surface area contributed by atoms with Crippen molar-refractivity contribution in [3.05, 3.63) is 60.2 Å². The van der Waals surface area contributed by atoms with E-state index in [4.69, 9.17) is 0 Å². The lowest BCUT2D eigenvalue weighted by Gasteiger charge is -2.41. The molecule has 1 saturated heterocycles. The first-order chi connectivity index (χ1) is 13.4. The lowest BCUT2D eigenvalue weighted by Crippen LogP contribution is -2.47. The van der Waals surface area contributed by atoms with Gasteiger partial charge in [-0.15, -0.1) is 24.8 Å². The Morgan fingerprint density at radius 2 is 1.38 bits per heavy atom. The molecule has 1 saturated carbocycles. The van der Waals surface area contributed by atoms with E-state index in [0.29, 0.717) is 6.04 Å². The predicted molar refractivity (Wildman–Crippen MR) is 130 cm³/mol. The van der Waals surface area contributed by atoms with Gasteiger partial charge in [-0.1, -0.05) is 67.8 Å². The molecule has 1 aliphatic carbocycles. The van der Waals surface area contributed by atoms with Gasteiger partial charge in [0, 0.05) is 32.2 Å². The van der Waals surface area contributed by atoms with E-state index in [9.17, 15) is 0 Å². The van der Waals surface area contributed by atoms with Gasteiger partial charge < -0.3 is 5.32 Å². The van der Waals surface area contributed by atoms with Crippen molar-refractivity contribution in [2.75, 3.05) is 26.2 Å². The number of benzene rings is 3. The van der Waals surface area contributed by atoms with Crippen LogP contribution in [0.25, 0.3) is 21.5 Å². The maximum Gasteiger partial charge on any atom is 0.0383 e. The first-order valence-corrected chi connectivity index (χ1v) is 10.8. The Morgan fingerprint density at radius 1 is 0.759 bits per heavy atom. The standard InChI is InChI=1S/C25H30N2.2ClH/c1-2-8-19(9-3-1)25(27-16-14-26-15-17-27)24-18-20-10-4-5-11-21(20)22-12-6-7-13-23(22)24;;/h4-7,10-13,18-19,25-26H,1-3,8-9,14-17H2;2*1H/t25-;;/m0../s1. The van der Waals surface area contributed by atoms with Crippen molar-refractivity contribution in [3.63, 3.8) is 0 Å². The summed E-state index contributed by atoms with van der Waals surface area (Å²) in [4.78, 5) is 2.78. The van der Waals surface area contributed by atoms with E-state index in [1.807, 2.05) is 0 Å². The average Bonchev–Trinajstić information content (AvgIpc) is 2.76.